The Hall–Kier alpha value is -3.15. The molecule has 2 aromatic carbocycles. The molecule has 3 rings (SSSR count). The Morgan fingerprint density at radius 1 is 1.11 bits per heavy atom. The van der Waals surface area contributed by atoms with E-state index in [0.29, 0.717) is 18.8 Å². The third-order valence-corrected chi connectivity index (χ3v) is 5.21. The van der Waals surface area contributed by atoms with Gasteiger partial charge >= 0.3 is 5.91 Å². The van der Waals surface area contributed by atoms with Gasteiger partial charge in [-0.2, -0.15) is 0 Å². The van der Waals surface area contributed by atoms with Crippen molar-refractivity contribution in [2.75, 3.05) is 19.1 Å². The molecule has 0 bridgehead atoms. The van der Waals surface area contributed by atoms with Gasteiger partial charge in [0, 0.05) is 18.4 Å². The fourth-order valence-electron chi connectivity index (χ4n) is 2.91. The smallest absolute Gasteiger partial charge is 0.312 e. The molecule has 6 heteroatoms. The minimum Gasteiger partial charge on any atom is -0.490 e. The highest BCUT2D eigenvalue weighted by Gasteiger charge is 2.13. The van der Waals surface area contributed by atoms with E-state index in [0.717, 1.165) is 28.3 Å². The van der Waals surface area contributed by atoms with Crippen molar-refractivity contribution in [2.45, 2.75) is 74.8 Å². The van der Waals surface area contributed by atoms with Gasteiger partial charge < -0.3 is 15.0 Å². The maximum absolute atomic E-state index is 13.6. The van der Waals surface area contributed by atoms with Gasteiger partial charge in [0.2, 0.25) is 5.76 Å². The van der Waals surface area contributed by atoms with Crippen molar-refractivity contribution in [1.82, 2.24) is 4.90 Å². The Balaban J connectivity index is 0.00000133. The number of nitrogens with one attached hydrogen (secondary N) is 1. The molecule has 0 aliphatic heterocycles. The number of nitrogens with zero attached hydrogens (tertiary/aromatic N) is 2. The predicted molar refractivity (Wildman–Crippen MR) is 152 cm³/mol. The van der Waals surface area contributed by atoms with Gasteiger partial charge in [-0.1, -0.05) is 71.7 Å². The van der Waals surface area contributed by atoms with Crippen LogP contribution in [0, 0.1) is 32.5 Å². The van der Waals surface area contributed by atoms with Gasteiger partial charge in [0.25, 0.3) is 0 Å². The first-order chi connectivity index (χ1) is 17.2. The number of halogens is 1. The zero-order valence-electron chi connectivity index (χ0n) is 23.7. The number of hydrogen-bond acceptors (Lipinski definition) is 4. The minimum absolute atomic E-state index is 0.0802. The molecule has 0 saturated heterocycles. The molecule has 0 aromatic heterocycles. The van der Waals surface area contributed by atoms with Crippen molar-refractivity contribution in [3.8, 4) is 0 Å². The highest BCUT2D eigenvalue weighted by atomic mass is 19.1. The van der Waals surface area contributed by atoms with Gasteiger partial charge in [-0.05, 0) is 67.8 Å². The number of anilines is 1. The van der Waals surface area contributed by atoms with Crippen LogP contribution in [-0.2, 0) is 16.1 Å². The summed E-state index contributed by atoms with van der Waals surface area (Å²) in [6, 6.07) is 11.1. The summed E-state index contributed by atoms with van der Waals surface area (Å²) in [5.41, 5.74) is 4.74. The molecule has 1 N–H and O–H groups in total. The average Bonchev–Trinajstić information content (AvgIpc) is 3.69. The highest BCUT2D eigenvalue weighted by molar-refractivity contribution is 5.94. The second kappa shape index (κ2) is 18.2. The first-order valence-corrected chi connectivity index (χ1v) is 12.8. The molecule has 0 unspecified atom stereocenters. The number of benzene rings is 2. The maximum Gasteiger partial charge on any atom is 0.312 e. The fourth-order valence-corrected chi connectivity index (χ4v) is 2.91. The Morgan fingerprint density at radius 2 is 1.72 bits per heavy atom. The van der Waals surface area contributed by atoms with Crippen LogP contribution in [0.2, 0.25) is 0 Å². The largest absolute Gasteiger partial charge is 0.490 e. The van der Waals surface area contributed by atoms with Crippen LogP contribution < -0.4 is 5.32 Å². The van der Waals surface area contributed by atoms with Crippen LogP contribution in [0.25, 0.3) is 0 Å². The van der Waals surface area contributed by atoms with Gasteiger partial charge in [0.15, 0.2) is 0 Å². The molecule has 1 saturated carbocycles. The average molecular weight is 500 g/mol. The van der Waals surface area contributed by atoms with Gasteiger partial charge in [0.1, 0.15) is 5.82 Å². The summed E-state index contributed by atoms with van der Waals surface area (Å²) in [7, 11) is 1.41. The summed E-state index contributed by atoms with van der Waals surface area (Å²) in [6.45, 7) is 20.2. The molecule has 200 valence electrons. The highest BCUT2D eigenvalue weighted by Crippen LogP contribution is 2.26. The Labute approximate surface area is 218 Å². The zero-order valence-corrected chi connectivity index (χ0v) is 23.7. The number of ether oxygens (including phenoxy) is 1. The predicted octanol–water partition coefficient (Wildman–Crippen LogP) is 7.81. The van der Waals surface area contributed by atoms with Crippen LogP contribution in [-0.4, -0.2) is 31.3 Å². The molecule has 2 aromatic rings. The van der Waals surface area contributed by atoms with Crippen LogP contribution in [0.4, 0.5) is 10.1 Å². The van der Waals surface area contributed by atoms with Crippen molar-refractivity contribution in [2.24, 2.45) is 10.9 Å². The van der Waals surface area contributed by atoms with Gasteiger partial charge in [-0.15, -0.1) is 0 Å². The number of aryl methyl sites for hydroxylation is 3. The van der Waals surface area contributed by atoms with E-state index in [1.807, 2.05) is 52.5 Å². The molecule has 0 radical (unpaired) electrons. The first kappa shape index (κ1) is 32.8. The summed E-state index contributed by atoms with van der Waals surface area (Å²) in [6.07, 6.45) is 4.56. The van der Waals surface area contributed by atoms with Crippen molar-refractivity contribution in [3.63, 3.8) is 0 Å². The van der Waals surface area contributed by atoms with Gasteiger partial charge in [-0.25, -0.2) is 9.38 Å². The number of amides is 1. The van der Waals surface area contributed by atoms with E-state index in [1.54, 1.807) is 25.3 Å². The SMILES string of the molecule is C=NC(=O)/C(=C\N(CNc1cc(C)ccc1C)Cc1ccc(F)c(C)c1)OC.CC.CC.CC1CC1. The molecule has 1 aliphatic rings. The quantitative estimate of drug-likeness (QED) is 0.174. The zero-order chi connectivity index (χ0) is 27.7. The maximum atomic E-state index is 13.6. The molecule has 0 spiro atoms. The summed E-state index contributed by atoms with van der Waals surface area (Å²) in [5.74, 6) is 0.370. The van der Waals surface area contributed by atoms with Gasteiger partial charge in [0.05, 0.1) is 13.8 Å². The summed E-state index contributed by atoms with van der Waals surface area (Å²) >= 11 is 0. The monoisotopic (exact) mass is 499 g/mol. The molecule has 1 fully saturated rings. The molecule has 1 amide bonds. The third-order valence-electron chi connectivity index (χ3n) is 5.21. The van der Waals surface area contributed by atoms with Crippen molar-refractivity contribution in [1.29, 1.82) is 0 Å². The van der Waals surface area contributed by atoms with Crippen LogP contribution in [0.3, 0.4) is 0 Å². The van der Waals surface area contributed by atoms with Crippen LogP contribution in [0.15, 0.2) is 53.3 Å². The molecular weight excluding hydrogens is 453 g/mol. The number of aliphatic imine (C=N–C) groups is 1. The Morgan fingerprint density at radius 3 is 2.22 bits per heavy atom. The van der Waals surface area contributed by atoms with E-state index >= 15 is 0 Å². The molecule has 1 aliphatic carbocycles. The van der Waals surface area contributed by atoms with E-state index in [9.17, 15) is 9.18 Å². The van der Waals surface area contributed by atoms with Crippen LogP contribution in [0.5, 0.6) is 0 Å². The molecule has 0 heterocycles. The minimum atomic E-state index is -0.547. The van der Waals surface area contributed by atoms with E-state index in [4.69, 9.17) is 4.74 Å². The van der Waals surface area contributed by atoms with E-state index in [-0.39, 0.29) is 11.6 Å². The van der Waals surface area contributed by atoms with Crippen molar-refractivity contribution in [3.05, 3.63) is 76.4 Å². The normalized spacial score (nSPS) is 11.9. The molecule has 0 atom stereocenters. The van der Waals surface area contributed by atoms with E-state index < -0.39 is 5.91 Å². The Bertz CT molecular complexity index is 969. The first-order valence-electron chi connectivity index (χ1n) is 12.8. The molecular formula is C30H46FN3O2. The lowest BCUT2D eigenvalue weighted by Crippen LogP contribution is -2.26. The van der Waals surface area contributed by atoms with E-state index in [1.165, 1.54) is 26.0 Å². The Kier molecular flexibility index (Phi) is 16.6. The molecule has 5 nitrogen and oxygen atoms in total. The van der Waals surface area contributed by atoms with Crippen molar-refractivity contribution >= 4 is 18.3 Å². The standard InChI is InChI=1S/C22H26FN3O2.C4H8.2C2H6/c1-15-6-7-16(2)20(10-15)25-14-26(13-21(28-5)22(27)24-4)12-18-8-9-19(23)17(3)11-18;1-4-2-3-4;2*1-2/h6-11,13,25H,4,12,14H2,1-3,5H3;4H,2-3H2,1H3;2*1-2H3/b21-13+;;;. The number of carbonyl (C=O) groups is 1. The number of rotatable bonds is 8. The number of methoxy groups -OCH3 is 1. The summed E-state index contributed by atoms with van der Waals surface area (Å²) in [4.78, 5) is 17.2. The molecule has 36 heavy (non-hydrogen) atoms. The second-order valence-electron chi connectivity index (χ2n) is 8.33. The van der Waals surface area contributed by atoms with Crippen LogP contribution in [0.1, 0.15) is 69.7 Å². The third kappa shape index (κ3) is 12.5. The summed E-state index contributed by atoms with van der Waals surface area (Å²) < 4.78 is 18.7. The lowest BCUT2D eigenvalue weighted by Gasteiger charge is -2.23. The lowest BCUT2D eigenvalue weighted by molar-refractivity contribution is -0.117. The summed E-state index contributed by atoms with van der Waals surface area (Å²) in [5, 5.41) is 3.38. The topological polar surface area (TPSA) is 53.9 Å². The van der Waals surface area contributed by atoms with Gasteiger partial charge in [-0.3, -0.25) is 4.79 Å². The van der Waals surface area contributed by atoms with Crippen LogP contribution >= 0.6 is 0 Å². The number of carbonyl (C=O) groups excluding carboxylic acids is 1. The second-order valence-corrected chi connectivity index (χ2v) is 8.33. The number of hydrogen-bond donors (Lipinski definition) is 1. The van der Waals surface area contributed by atoms with Crippen molar-refractivity contribution < 1.29 is 13.9 Å². The fraction of sp³-hybridized carbons (Fsp3) is 0.467. The van der Waals surface area contributed by atoms with E-state index in [2.05, 4.69) is 36.1 Å². The lowest BCUT2D eigenvalue weighted by atomic mass is 10.1.